The second-order valence-corrected chi connectivity index (χ2v) is 13.4. The van der Waals surface area contributed by atoms with E-state index in [1.807, 2.05) is 0 Å². The minimum absolute atomic E-state index is 0.0183. The number of benzene rings is 5. The number of aryl methyl sites for hydroxylation is 4. The van der Waals surface area contributed by atoms with Gasteiger partial charge >= 0.3 is 0 Å². The van der Waals surface area contributed by atoms with Crippen LogP contribution in [0, 0.1) is 27.7 Å². The van der Waals surface area contributed by atoms with E-state index in [1.54, 1.807) is 0 Å². The summed E-state index contributed by atoms with van der Waals surface area (Å²) >= 11 is 0. The van der Waals surface area contributed by atoms with Gasteiger partial charge in [0.25, 0.3) is 0 Å². The van der Waals surface area contributed by atoms with Crippen LogP contribution in [0.1, 0.15) is 72.2 Å². The van der Waals surface area contributed by atoms with Gasteiger partial charge in [0.1, 0.15) is 0 Å². The van der Waals surface area contributed by atoms with Gasteiger partial charge in [-0.25, -0.2) is 0 Å². The first-order valence-electron chi connectivity index (χ1n) is 14.9. The first kappa shape index (κ1) is 25.8. The van der Waals surface area contributed by atoms with Crippen LogP contribution in [0.4, 0.5) is 17.1 Å². The van der Waals surface area contributed by atoms with Crippen molar-refractivity contribution < 1.29 is 0 Å². The van der Waals surface area contributed by atoms with Gasteiger partial charge in [-0.15, -0.1) is 0 Å². The van der Waals surface area contributed by atoms with Crippen molar-refractivity contribution in [1.82, 2.24) is 0 Å². The highest BCUT2D eigenvalue weighted by molar-refractivity contribution is 5.92. The Morgan fingerprint density at radius 3 is 1.49 bits per heavy atom. The van der Waals surface area contributed by atoms with Crippen molar-refractivity contribution in [2.24, 2.45) is 0 Å². The van der Waals surface area contributed by atoms with Gasteiger partial charge in [-0.05, 0) is 120 Å². The second-order valence-electron chi connectivity index (χ2n) is 13.4. The lowest BCUT2D eigenvalue weighted by molar-refractivity contribution is 0.652. The molecule has 7 rings (SSSR count). The van der Waals surface area contributed by atoms with Crippen molar-refractivity contribution in [3.05, 3.63) is 136 Å². The SMILES string of the molecule is Cc1ccc(N(c2ccc3c(c2)-c2cc4c(cc2C3(C)C)-c2ccccc2C4(C)C)c2ccc(C)cc2C)c(C)c1. The van der Waals surface area contributed by atoms with Gasteiger partial charge < -0.3 is 4.90 Å². The van der Waals surface area contributed by atoms with Crippen LogP contribution in [-0.2, 0) is 10.8 Å². The highest BCUT2D eigenvalue weighted by atomic mass is 15.1. The maximum Gasteiger partial charge on any atom is 0.0491 e. The topological polar surface area (TPSA) is 3.24 Å². The summed E-state index contributed by atoms with van der Waals surface area (Å²) in [5.41, 5.74) is 19.9. The summed E-state index contributed by atoms with van der Waals surface area (Å²) in [4.78, 5) is 2.46. The monoisotopic (exact) mass is 533 g/mol. The molecule has 2 aliphatic rings. The van der Waals surface area contributed by atoms with E-state index < -0.39 is 0 Å². The third-order valence-corrected chi connectivity index (χ3v) is 9.81. The lowest BCUT2D eigenvalue weighted by atomic mass is 9.79. The van der Waals surface area contributed by atoms with Crippen molar-refractivity contribution in [3.63, 3.8) is 0 Å². The van der Waals surface area contributed by atoms with Gasteiger partial charge in [0.15, 0.2) is 0 Å². The molecule has 0 amide bonds. The van der Waals surface area contributed by atoms with E-state index in [0.29, 0.717) is 0 Å². The largest absolute Gasteiger partial charge is 0.310 e. The molecular formula is C40H39N. The molecule has 0 spiro atoms. The lowest BCUT2D eigenvalue weighted by Gasteiger charge is -2.30. The minimum atomic E-state index is -0.0652. The van der Waals surface area contributed by atoms with Gasteiger partial charge in [0, 0.05) is 27.9 Å². The number of nitrogens with zero attached hydrogens (tertiary/aromatic N) is 1. The van der Waals surface area contributed by atoms with Gasteiger partial charge in [-0.2, -0.15) is 0 Å². The summed E-state index contributed by atoms with van der Waals surface area (Å²) in [6.07, 6.45) is 0. The highest BCUT2D eigenvalue weighted by Crippen LogP contribution is 2.56. The Morgan fingerprint density at radius 2 is 0.927 bits per heavy atom. The summed E-state index contributed by atoms with van der Waals surface area (Å²) in [5, 5.41) is 0. The number of hydrogen-bond donors (Lipinski definition) is 0. The molecule has 0 saturated carbocycles. The molecule has 5 aromatic rings. The first-order valence-corrected chi connectivity index (χ1v) is 14.9. The Kier molecular flexibility index (Phi) is 5.48. The van der Waals surface area contributed by atoms with Gasteiger partial charge in [0.05, 0.1) is 0 Å². The molecular weight excluding hydrogens is 494 g/mol. The number of rotatable bonds is 3. The van der Waals surface area contributed by atoms with Crippen molar-refractivity contribution >= 4 is 17.1 Å². The Hall–Kier alpha value is -4.10. The number of hydrogen-bond acceptors (Lipinski definition) is 1. The maximum absolute atomic E-state index is 2.51. The van der Waals surface area contributed by atoms with Crippen molar-refractivity contribution in [3.8, 4) is 22.3 Å². The molecule has 0 aliphatic heterocycles. The molecule has 0 aromatic heterocycles. The Labute approximate surface area is 245 Å². The highest BCUT2D eigenvalue weighted by Gasteiger charge is 2.41. The molecule has 0 heterocycles. The smallest absolute Gasteiger partial charge is 0.0491 e. The molecule has 1 nitrogen and oxygen atoms in total. The molecule has 0 saturated heterocycles. The normalized spacial score (nSPS) is 15.2. The average molecular weight is 534 g/mol. The van der Waals surface area contributed by atoms with Crippen molar-refractivity contribution in [2.45, 2.75) is 66.2 Å². The number of fused-ring (bicyclic) bond motifs is 6. The fraction of sp³-hybridized carbons (Fsp3) is 0.250. The van der Waals surface area contributed by atoms with E-state index in [-0.39, 0.29) is 10.8 Å². The zero-order valence-corrected chi connectivity index (χ0v) is 25.6. The summed E-state index contributed by atoms with van der Waals surface area (Å²) in [5.74, 6) is 0. The van der Waals surface area contributed by atoms with Gasteiger partial charge in [0.2, 0.25) is 0 Å². The molecule has 0 radical (unpaired) electrons. The van der Waals surface area contributed by atoms with E-state index in [0.717, 1.165) is 0 Å². The van der Waals surface area contributed by atoms with E-state index in [2.05, 4.69) is 151 Å². The van der Waals surface area contributed by atoms with Crippen LogP contribution in [-0.4, -0.2) is 0 Å². The molecule has 41 heavy (non-hydrogen) atoms. The van der Waals surface area contributed by atoms with Crippen LogP contribution in [0.2, 0.25) is 0 Å². The third kappa shape index (κ3) is 3.68. The van der Waals surface area contributed by atoms with Gasteiger partial charge in [-0.3, -0.25) is 0 Å². The number of anilines is 3. The van der Waals surface area contributed by atoms with Crippen LogP contribution in [0.15, 0.2) is 91.0 Å². The van der Waals surface area contributed by atoms with E-state index in [9.17, 15) is 0 Å². The fourth-order valence-electron chi connectivity index (χ4n) is 7.59. The van der Waals surface area contributed by atoms with E-state index in [4.69, 9.17) is 0 Å². The molecule has 0 unspecified atom stereocenters. The Bertz CT molecular complexity index is 1830. The zero-order valence-electron chi connectivity index (χ0n) is 25.6. The fourth-order valence-corrected chi connectivity index (χ4v) is 7.59. The first-order chi connectivity index (χ1) is 19.5. The van der Waals surface area contributed by atoms with E-state index in [1.165, 1.54) is 83.8 Å². The molecule has 204 valence electrons. The van der Waals surface area contributed by atoms with Crippen molar-refractivity contribution in [2.75, 3.05) is 4.90 Å². The van der Waals surface area contributed by atoms with Crippen LogP contribution in [0.5, 0.6) is 0 Å². The minimum Gasteiger partial charge on any atom is -0.310 e. The Morgan fingerprint density at radius 1 is 0.439 bits per heavy atom. The molecule has 0 N–H and O–H groups in total. The molecule has 0 atom stereocenters. The zero-order chi connectivity index (χ0) is 28.8. The maximum atomic E-state index is 2.51. The second kappa shape index (κ2) is 8.70. The summed E-state index contributed by atoms with van der Waals surface area (Å²) in [6.45, 7) is 18.3. The van der Waals surface area contributed by atoms with E-state index >= 15 is 0 Å². The molecule has 0 fully saturated rings. The van der Waals surface area contributed by atoms with Crippen LogP contribution in [0.25, 0.3) is 22.3 Å². The lowest BCUT2D eigenvalue weighted by Crippen LogP contribution is -2.17. The Balaban J connectivity index is 1.46. The quantitative estimate of drug-likeness (QED) is 0.223. The van der Waals surface area contributed by atoms with Crippen molar-refractivity contribution in [1.29, 1.82) is 0 Å². The molecule has 0 bridgehead atoms. The predicted octanol–water partition coefficient (Wildman–Crippen LogP) is 11.0. The summed E-state index contributed by atoms with van der Waals surface area (Å²) < 4.78 is 0. The third-order valence-electron chi connectivity index (χ3n) is 9.81. The van der Waals surface area contributed by atoms with Crippen LogP contribution < -0.4 is 4.90 Å². The van der Waals surface area contributed by atoms with Gasteiger partial charge in [-0.1, -0.05) is 93.4 Å². The predicted molar refractivity (Wildman–Crippen MR) is 175 cm³/mol. The van der Waals surface area contributed by atoms with Crippen LogP contribution in [0.3, 0.4) is 0 Å². The molecule has 5 aromatic carbocycles. The molecule has 1 heteroatoms. The average Bonchev–Trinajstić information content (AvgIpc) is 3.29. The standard InChI is InChI=1S/C40H39N/c1-24-13-17-37(26(3)19-24)41(38-18-14-25(2)20-27(38)4)28-15-16-34-30(21-28)32-23-35-31(22-36(32)40(34,7)8)29-11-9-10-12-33(29)39(35,5)6/h9-23H,1-8H3. The summed E-state index contributed by atoms with van der Waals surface area (Å²) in [6, 6.07) is 34.8. The molecule has 2 aliphatic carbocycles. The summed E-state index contributed by atoms with van der Waals surface area (Å²) in [7, 11) is 0. The van der Waals surface area contributed by atoms with Crippen LogP contribution >= 0.6 is 0 Å².